The zero-order valence-electron chi connectivity index (χ0n) is 10.9. The van der Waals surface area contributed by atoms with Gasteiger partial charge in [0.15, 0.2) is 5.78 Å². The molecule has 20 heavy (non-hydrogen) atoms. The summed E-state index contributed by atoms with van der Waals surface area (Å²) in [5.41, 5.74) is 0.656. The minimum absolute atomic E-state index is 0.0915. The van der Waals surface area contributed by atoms with Crippen LogP contribution >= 0.6 is 0 Å². The van der Waals surface area contributed by atoms with Gasteiger partial charge < -0.3 is 9.84 Å². The molecular formula is C14H14O6. The van der Waals surface area contributed by atoms with Gasteiger partial charge in [-0.15, -0.1) is 0 Å². The third kappa shape index (κ3) is 5.01. The summed E-state index contributed by atoms with van der Waals surface area (Å²) in [6.07, 6.45) is -0.788. The maximum Gasteiger partial charge on any atom is 0.324 e. The summed E-state index contributed by atoms with van der Waals surface area (Å²) in [5.74, 6) is -5.38. The van der Waals surface area contributed by atoms with Gasteiger partial charge in [-0.2, -0.15) is 0 Å². The lowest BCUT2D eigenvalue weighted by Gasteiger charge is -2.11. The quantitative estimate of drug-likeness (QED) is 0.615. The summed E-state index contributed by atoms with van der Waals surface area (Å²) in [7, 11) is 0. The lowest BCUT2D eigenvalue weighted by atomic mass is 9.95. The van der Waals surface area contributed by atoms with E-state index in [9.17, 15) is 19.2 Å². The van der Waals surface area contributed by atoms with Crippen LogP contribution in [0.15, 0.2) is 30.3 Å². The first-order valence-electron chi connectivity index (χ1n) is 5.91. The van der Waals surface area contributed by atoms with Crippen LogP contribution in [0.4, 0.5) is 0 Å². The second kappa shape index (κ2) is 7.18. The zero-order valence-corrected chi connectivity index (χ0v) is 10.9. The van der Waals surface area contributed by atoms with Crippen molar-refractivity contribution in [3.05, 3.63) is 35.9 Å². The molecule has 0 bridgehead atoms. The van der Waals surface area contributed by atoms with Gasteiger partial charge in [-0.3, -0.25) is 19.2 Å². The third-order valence-corrected chi connectivity index (χ3v) is 2.52. The van der Waals surface area contributed by atoms with E-state index in [1.165, 1.54) is 0 Å². The van der Waals surface area contributed by atoms with Crippen LogP contribution in [0.3, 0.4) is 0 Å². The minimum atomic E-state index is -1.48. The third-order valence-electron chi connectivity index (χ3n) is 2.52. The summed E-state index contributed by atoms with van der Waals surface area (Å²) in [6, 6.07) is 8.59. The van der Waals surface area contributed by atoms with Crippen molar-refractivity contribution in [1.29, 1.82) is 0 Å². The number of rotatable bonds is 6. The number of carboxylic acids is 1. The molecule has 0 aliphatic carbocycles. The average Bonchev–Trinajstić information content (AvgIpc) is 2.35. The maximum absolute atomic E-state index is 12.0. The molecule has 0 saturated carbocycles. The summed E-state index contributed by atoms with van der Waals surface area (Å²) < 4.78 is 4.31. The van der Waals surface area contributed by atoms with Crippen LogP contribution in [0, 0.1) is 5.92 Å². The summed E-state index contributed by atoms with van der Waals surface area (Å²) in [5, 5.41) is 8.74. The molecule has 1 atom stereocenters. The van der Waals surface area contributed by atoms with Gasteiger partial charge in [-0.1, -0.05) is 30.3 Å². The fraction of sp³-hybridized carbons (Fsp3) is 0.286. The molecular weight excluding hydrogens is 264 g/mol. The molecule has 0 spiro atoms. The number of esters is 2. The van der Waals surface area contributed by atoms with Crippen molar-refractivity contribution in [3.8, 4) is 0 Å². The van der Waals surface area contributed by atoms with Crippen molar-refractivity contribution in [2.45, 2.75) is 19.8 Å². The molecule has 1 N–H and O–H groups in total. The van der Waals surface area contributed by atoms with Crippen molar-refractivity contribution in [1.82, 2.24) is 0 Å². The second-order valence-electron chi connectivity index (χ2n) is 4.19. The van der Waals surface area contributed by atoms with Gasteiger partial charge in [0.25, 0.3) is 0 Å². The molecule has 0 amide bonds. The fourth-order valence-electron chi connectivity index (χ4n) is 1.64. The molecule has 6 nitrogen and oxygen atoms in total. The van der Waals surface area contributed by atoms with E-state index in [4.69, 9.17) is 5.11 Å². The number of carbonyl (C=O) groups excluding carboxylic acids is 3. The number of ether oxygens (including phenoxy) is 1. The highest BCUT2D eigenvalue weighted by Gasteiger charge is 2.31. The van der Waals surface area contributed by atoms with Crippen molar-refractivity contribution in [2.24, 2.45) is 5.92 Å². The van der Waals surface area contributed by atoms with Crippen LogP contribution < -0.4 is 0 Å². The van der Waals surface area contributed by atoms with Crippen LogP contribution in [0.5, 0.6) is 0 Å². The smallest absolute Gasteiger partial charge is 0.324 e. The molecule has 1 aromatic rings. The molecule has 0 radical (unpaired) electrons. The van der Waals surface area contributed by atoms with E-state index in [-0.39, 0.29) is 6.42 Å². The van der Waals surface area contributed by atoms with Crippen molar-refractivity contribution < 1.29 is 29.0 Å². The van der Waals surface area contributed by atoms with E-state index in [0.717, 1.165) is 6.92 Å². The molecule has 1 rings (SSSR count). The number of carbonyl (C=O) groups is 4. The predicted molar refractivity (Wildman–Crippen MR) is 67.7 cm³/mol. The monoisotopic (exact) mass is 278 g/mol. The summed E-state index contributed by atoms with van der Waals surface area (Å²) in [4.78, 5) is 45.0. The highest BCUT2D eigenvalue weighted by atomic mass is 16.6. The van der Waals surface area contributed by atoms with Crippen LogP contribution in [0.25, 0.3) is 0 Å². The average molecular weight is 278 g/mol. The molecule has 0 saturated heterocycles. The molecule has 0 aliphatic rings. The molecule has 106 valence electrons. The van der Waals surface area contributed by atoms with Crippen LogP contribution in [-0.4, -0.2) is 28.8 Å². The van der Waals surface area contributed by atoms with Gasteiger partial charge in [0.1, 0.15) is 5.92 Å². The lowest BCUT2D eigenvalue weighted by Crippen LogP contribution is -2.30. The molecule has 0 heterocycles. The number of benzene rings is 1. The lowest BCUT2D eigenvalue weighted by molar-refractivity contribution is -0.164. The summed E-state index contributed by atoms with van der Waals surface area (Å²) in [6.45, 7) is 1.01. The van der Waals surface area contributed by atoms with Crippen LogP contribution in [0.2, 0.25) is 0 Å². The van der Waals surface area contributed by atoms with E-state index in [2.05, 4.69) is 4.74 Å². The minimum Gasteiger partial charge on any atom is -0.481 e. The van der Waals surface area contributed by atoms with E-state index >= 15 is 0 Å². The number of Topliss-reactive ketones (excluding diaryl/α,β-unsaturated/α-hetero) is 1. The van der Waals surface area contributed by atoms with E-state index in [0.29, 0.717) is 5.56 Å². The number of hydrogen-bond acceptors (Lipinski definition) is 5. The Morgan fingerprint density at radius 3 is 2.25 bits per heavy atom. The Hall–Kier alpha value is -2.50. The first-order chi connectivity index (χ1) is 9.40. The van der Waals surface area contributed by atoms with E-state index < -0.39 is 36.0 Å². The Bertz CT molecular complexity index is 520. The van der Waals surface area contributed by atoms with Gasteiger partial charge >= 0.3 is 17.9 Å². The Morgan fingerprint density at radius 2 is 1.75 bits per heavy atom. The van der Waals surface area contributed by atoms with E-state index in [1.807, 2.05) is 0 Å². The van der Waals surface area contributed by atoms with Gasteiger partial charge in [0.05, 0.1) is 6.42 Å². The number of ketones is 1. The Labute approximate surface area is 115 Å². The first kappa shape index (κ1) is 15.6. The first-order valence-corrected chi connectivity index (χ1v) is 5.91. The molecule has 1 unspecified atom stereocenters. The van der Waals surface area contributed by atoms with Crippen molar-refractivity contribution in [2.75, 3.05) is 0 Å². The largest absolute Gasteiger partial charge is 0.481 e. The van der Waals surface area contributed by atoms with E-state index in [1.54, 1.807) is 30.3 Å². The topological polar surface area (TPSA) is 97.7 Å². The normalized spacial score (nSPS) is 11.4. The van der Waals surface area contributed by atoms with Gasteiger partial charge in [0.2, 0.25) is 0 Å². The van der Waals surface area contributed by atoms with Crippen LogP contribution in [0.1, 0.15) is 18.9 Å². The maximum atomic E-state index is 12.0. The molecule has 0 aliphatic heterocycles. The number of hydrogen-bond donors (Lipinski definition) is 1. The number of carboxylic acid groups (broad SMARTS) is 1. The molecule has 0 aromatic heterocycles. The Morgan fingerprint density at radius 1 is 1.15 bits per heavy atom. The van der Waals surface area contributed by atoms with Crippen LogP contribution in [-0.2, 0) is 30.3 Å². The Balaban J connectivity index is 2.81. The summed E-state index contributed by atoms with van der Waals surface area (Å²) >= 11 is 0. The number of aliphatic carboxylic acids is 1. The van der Waals surface area contributed by atoms with Crippen molar-refractivity contribution in [3.63, 3.8) is 0 Å². The molecule has 0 fully saturated rings. The second-order valence-corrected chi connectivity index (χ2v) is 4.19. The standard InChI is InChI=1S/C14H14O6/c1-9(15)20-14(19)11(8-13(17)18)12(16)7-10-5-3-2-4-6-10/h2-6,11H,7-8H2,1H3,(H,17,18). The highest BCUT2D eigenvalue weighted by molar-refractivity contribution is 6.04. The molecule has 1 aromatic carbocycles. The van der Waals surface area contributed by atoms with Gasteiger partial charge in [0, 0.05) is 13.3 Å². The highest BCUT2D eigenvalue weighted by Crippen LogP contribution is 2.12. The van der Waals surface area contributed by atoms with Gasteiger partial charge in [-0.25, -0.2) is 0 Å². The SMILES string of the molecule is CC(=O)OC(=O)C(CC(=O)O)C(=O)Cc1ccccc1. The van der Waals surface area contributed by atoms with Gasteiger partial charge in [-0.05, 0) is 5.56 Å². The molecule has 6 heteroatoms. The Kier molecular flexibility index (Phi) is 5.58. The zero-order chi connectivity index (χ0) is 15.1. The fourth-order valence-corrected chi connectivity index (χ4v) is 1.64. The predicted octanol–water partition coefficient (Wildman–Crippen LogP) is 0.979. The van der Waals surface area contributed by atoms with Crippen molar-refractivity contribution >= 4 is 23.7 Å².